The summed E-state index contributed by atoms with van der Waals surface area (Å²) in [7, 11) is 0. The van der Waals surface area contributed by atoms with Crippen molar-refractivity contribution >= 4 is 35.6 Å². The number of hydrogen-bond acceptors (Lipinski definition) is 8. The summed E-state index contributed by atoms with van der Waals surface area (Å²) in [4.78, 5) is 82.9. The second kappa shape index (κ2) is 17.3. The number of rotatable bonds is 15. The van der Waals surface area contributed by atoms with E-state index in [9.17, 15) is 28.8 Å². The summed E-state index contributed by atoms with van der Waals surface area (Å²) >= 11 is 0. The quantitative estimate of drug-likeness (QED) is 0.201. The smallest absolute Gasteiger partial charge is 0.329 e. The topological polar surface area (TPSA) is 134 Å². The van der Waals surface area contributed by atoms with Crippen LogP contribution >= 0.6 is 0 Å². The van der Waals surface area contributed by atoms with E-state index in [1.165, 1.54) is 9.80 Å². The van der Waals surface area contributed by atoms with Gasteiger partial charge in [-0.1, -0.05) is 0 Å². The number of hydrogen-bond donors (Lipinski definition) is 0. The van der Waals surface area contributed by atoms with Crippen LogP contribution in [-0.4, -0.2) is 118 Å². The van der Waals surface area contributed by atoms with Gasteiger partial charge in [0, 0.05) is 50.1 Å². The van der Waals surface area contributed by atoms with E-state index in [4.69, 9.17) is 9.47 Å². The van der Waals surface area contributed by atoms with Crippen LogP contribution in [0.5, 0.6) is 0 Å². The fraction of sp³-hybridized carbons (Fsp3) is 0.812. The molecular formula is C32H54N4O8. The molecule has 2 rings (SSSR count). The van der Waals surface area contributed by atoms with Crippen LogP contribution in [0, 0.1) is 0 Å². The maximum atomic E-state index is 12.9. The van der Waals surface area contributed by atoms with Crippen LogP contribution in [0.1, 0.15) is 107 Å². The lowest BCUT2D eigenvalue weighted by Gasteiger charge is -2.31. The van der Waals surface area contributed by atoms with Crippen molar-refractivity contribution in [1.29, 1.82) is 0 Å². The number of amides is 4. The van der Waals surface area contributed by atoms with Crippen LogP contribution in [0.15, 0.2) is 0 Å². The van der Waals surface area contributed by atoms with Crippen molar-refractivity contribution in [3.8, 4) is 0 Å². The van der Waals surface area contributed by atoms with Crippen LogP contribution in [0.4, 0.5) is 0 Å². The van der Waals surface area contributed by atoms with Crippen molar-refractivity contribution in [3.63, 3.8) is 0 Å². The zero-order chi connectivity index (χ0) is 33.1. The minimum Gasteiger partial charge on any atom is -0.454 e. The van der Waals surface area contributed by atoms with E-state index < -0.39 is 24.0 Å². The number of carbonyl (C=O) groups excluding carboxylic acids is 6. The molecule has 0 unspecified atom stereocenters. The molecule has 44 heavy (non-hydrogen) atoms. The van der Waals surface area contributed by atoms with Crippen molar-refractivity contribution in [1.82, 2.24) is 19.6 Å². The number of nitrogens with zero attached hydrogens (tertiary/aromatic N) is 4. The fourth-order valence-electron chi connectivity index (χ4n) is 6.41. The summed E-state index contributed by atoms with van der Waals surface area (Å²) in [6.45, 7) is 15.4. The second-order valence-electron chi connectivity index (χ2n) is 12.9. The summed E-state index contributed by atoms with van der Waals surface area (Å²) in [5, 5.41) is 0. The van der Waals surface area contributed by atoms with E-state index in [0.29, 0.717) is 51.6 Å². The minimum atomic E-state index is -0.708. The minimum absolute atomic E-state index is 0.0240. The van der Waals surface area contributed by atoms with Gasteiger partial charge in [-0.25, -0.2) is 9.59 Å². The SMILES string of the molecule is CC(C)N(C(=O)COC(=O)[C@H]1CCCN1C(=O)CCCCC(=O)N1CCC[C@@H]1C(=O)OCC(=O)N(C(C)C)C(C)C)C(C)C. The molecule has 0 bridgehead atoms. The molecule has 0 aromatic rings. The van der Waals surface area contributed by atoms with Crippen molar-refractivity contribution in [2.75, 3.05) is 26.3 Å². The predicted molar refractivity (Wildman–Crippen MR) is 164 cm³/mol. The van der Waals surface area contributed by atoms with Gasteiger partial charge in [-0.05, 0) is 93.9 Å². The first kappa shape index (κ1) is 37.0. The molecule has 0 aliphatic carbocycles. The zero-order valence-electron chi connectivity index (χ0n) is 28.0. The average Bonchev–Trinajstić information content (AvgIpc) is 3.62. The third-order valence-corrected chi connectivity index (χ3v) is 8.20. The Kier molecular flexibility index (Phi) is 14.6. The highest BCUT2D eigenvalue weighted by molar-refractivity contribution is 5.88. The highest BCUT2D eigenvalue weighted by Crippen LogP contribution is 2.23. The maximum absolute atomic E-state index is 12.9. The molecule has 2 fully saturated rings. The molecule has 12 heteroatoms. The normalized spacial score (nSPS) is 18.4. The Morgan fingerprint density at radius 2 is 0.909 bits per heavy atom. The molecule has 0 saturated carbocycles. The van der Waals surface area contributed by atoms with Gasteiger partial charge in [0.1, 0.15) is 12.1 Å². The van der Waals surface area contributed by atoms with E-state index in [2.05, 4.69) is 0 Å². The van der Waals surface area contributed by atoms with Gasteiger partial charge < -0.3 is 29.1 Å². The van der Waals surface area contributed by atoms with Gasteiger partial charge >= 0.3 is 11.9 Å². The Morgan fingerprint density at radius 1 is 0.591 bits per heavy atom. The lowest BCUT2D eigenvalue weighted by Crippen LogP contribution is -2.46. The molecule has 0 radical (unpaired) electrons. The Bertz CT molecular complexity index is 932. The van der Waals surface area contributed by atoms with Crippen LogP contribution in [-0.2, 0) is 38.2 Å². The van der Waals surface area contributed by atoms with Crippen molar-refractivity contribution < 1.29 is 38.2 Å². The predicted octanol–water partition coefficient (Wildman–Crippen LogP) is 2.91. The van der Waals surface area contributed by atoms with Crippen molar-refractivity contribution in [2.45, 2.75) is 143 Å². The van der Waals surface area contributed by atoms with E-state index in [-0.39, 0.29) is 73.9 Å². The lowest BCUT2D eigenvalue weighted by molar-refractivity contribution is -0.159. The Morgan fingerprint density at radius 3 is 1.20 bits per heavy atom. The largest absolute Gasteiger partial charge is 0.454 e. The standard InChI is InChI=1S/C32H54N4O8/c1-21(2)35(22(3)4)29(39)19-43-31(41)25-13-11-17-33(25)27(37)15-9-10-16-28(38)34-18-12-14-26(34)32(42)44-20-30(40)36(23(5)6)24(7)8/h21-26H,9-20H2,1-8H3/t25-,26-/m1/s1. The molecule has 0 spiro atoms. The summed E-state index contributed by atoms with van der Waals surface area (Å²) in [6, 6.07) is -1.51. The first-order valence-corrected chi connectivity index (χ1v) is 16.2. The second-order valence-corrected chi connectivity index (χ2v) is 12.9. The maximum Gasteiger partial charge on any atom is 0.329 e. The van der Waals surface area contributed by atoms with Crippen LogP contribution in [0.2, 0.25) is 0 Å². The van der Waals surface area contributed by atoms with Crippen molar-refractivity contribution in [3.05, 3.63) is 0 Å². The number of ether oxygens (including phenoxy) is 2. The van der Waals surface area contributed by atoms with Crippen LogP contribution in [0.3, 0.4) is 0 Å². The van der Waals surface area contributed by atoms with Gasteiger partial charge in [0.2, 0.25) is 11.8 Å². The van der Waals surface area contributed by atoms with Crippen LogP contribution in [0.25, 0.3) is 0 Å². The summed E-state index contributed by atoms with van der Waals surface area (Å²) in [5.41, 5.74) is 0. The van der Waals surface area contributed by atoms with E-state index >= 15 is 0 Å². The van der Waals surface area contributed by atoms with Gasteiger partial charge in [-0.3, -0.25) is 19.2 Å². The van der Waals surface area contributed by atoms with E-state index in [1.807, 2.05) is 55.4 Å². The Hall–Kier alpha value is -3.18. The third-order valence-electron chi connectivity index (χ3n) is 8.20. The summed E-state index contributed by atoms with van der Waals surface area (Å²) < 4.78 is 10.6. The summed E-state index contributed by atoms with van der Waals surface area (Å²) in [6.07, 6.45) is 3.59. The molecule has 2 heterocycles. The van der Waals surface area contributed by atoms with Gasteiger partial charge in [0.25, 0.3) is 11.8 Å². The first-order valence-electron chi connectivity index (χ1n) is 16.2. The average molecular weight is 623 g/mol. The molecular weight excluding hydrogens is 568 g/mol. The molecule has 2 atom stereocenters. The van der Waals surface area contributed by atoms with Gasteiger partial charge in [0.05, 0.1) is 0 Å². The van der Waals surface area contributed by atoms with Gasteiger partial charge in [-0.15, -0.1) is 0 Å². The Labute approximate surface area is 262 Å². The number of unbranched alkanes of at least 4 members (excludes halogenated alkanes) is 1. The molecule has 0 aromatic carbocycles. The molecule has 4 amide bonds. The molecule has 0 aromatic heterocycles. The molecule has 2 saturated heterocycles. The van der Waals surface area contributed by atoms with E-state index in [0.717, 1.165) is 0 Å². The van der Waals surface area contributed by atoms with Gasteiger partial charge in [0.15, 0.2) is 13.2 Å². The monoisotopic (exact) mass is 622 g/mol. The zero-order valence-corrected chi connectivity index (χ0v) is 28.0. The number of likely N-dealkylation sites (tertiary alicyclic amines) is 2. The highest BCUT2D eigenvalue weighted by atomic mass is 16.5. The molecule has 2 aliphatic rings. The molecule has 250 valence electrons. The molecule has 0 N–H and O–H groups in total. The highest BCUT2D eigenvalue weighted by Gasteiger charge is 2.37. The fourth-order valence-corrected chi connectivity index (χ4v) is 6.41. The number of carbonyl (C=O) groups is 6. The number of esters is 2. The molecule has 12 nitrogen and oxygen atoms in total. The van der Waals surface area contributed by atoms with Crippen LogP contribution < -0.4 is 0 Å². The molecule has 2 aliphatic heterocycles. The third kappa shape index (κ3) is 10.2. The van der Waals surface area contributed by atoms with Crippen molar-refractivity contribution in [2.24, 2.45) is 0 Å². The van der Waals surface area contributed by atoms with E-state index in [1.54, 1.807) is 9.80 Å². The lowest BCUT2D eigenvalue weighted by atomic mass is 10.1. The first-order chi connectivity index (χ1) is 20.7. The Balaban J connectivity index is 1.79. The summed E-state index contributed by atoms with van der Waals surface area (Å²) in [5.74, 6) is -2.04. The van der Waals surface area contributed by atoms with Gasteiger partial charge in [-0.2, -0.15) is 0 Å².